The van der Waals surface area contributed by atoms with Crippen molar-refractivity contribution < 1.29 is 14.4 Å². The first-order valence-corrected chi connectivity index (χ1v) is 11.0. The molecule has 0 fully saturated rings. The first-order valence-electron chi connectivity index (χ1n) is 11.0. The summed E-state index contributed by atoms with van der Waals surface area (Å²) in [6.45, 7) is 0. The van der Waals surface area contributed by atoms with Crippen LogP contribution in [0.2, 0.25) is 0 Å². The van der Waals surface area contributed by atoms with E-state index in [2.05, 4.69) is 10.6 Å². The highest BCUT2D eigenvalue weighted by Gasteiger charge is 2.21. The molecule has 5 nitrogen and oxygen atoms in total. The summed E-state index contributed by atoms with van der Waals surface area (Å²) in [7, 11) is 0. The lowest BCUT2D eigenvalue weighted by Gasteiger charge is -2.18. The summed E-state index contributed by atoms with van der Waals surface area (Å²) in [4.78, 5) is 38.4. The monoisotopic (exact) mass is 448 g/mol. The normalized spacial score (nSPS) is 10.5. The van der Waals surface area contributed by atoms with Crippen LogP contribution in [-0.2, 0) is 4.79 Å². The molecule has 0 unspecified atom stereocenters. The van der Waals surface area contributed by atoms with E-state index >= 15 is 0 Å². The van der Waals surface area contributed by atoms with Gasteiger partial charge in [-0.15, -0.1) is 0 Å². The number of anilines is 1. The Kier molecular flexibility index (Phi) is 7.25. The molecule has 0 aliphatic carbocycles. The van der Waals surface area contributed by atoms with Crippen LogP contribution in [0.15, 0.2) is 115 Å². The molecule has 0 spiro atoms. The minimum Gasteiger partial charge on any atom is -0.321 e. The van der Waals surface area contributed by atoms with Crippen molar-refractivity contribution in [2.75, 3.05) is 5.32 Å². The van der Waals surface area contributed by atoms with Gasteiger partial charge in [-0.3, -0.25) is 19.7 Å². The van der Waals surface area contributed by atoms with Gasteiger partial charge < -0.3 is 5.32 Å². The SMILES string of the molecule is O=C(CC(c1ccccc1)c1ccccc1)NC(=O)c1ccccc1NC(=O)c1ccccc1. The van der Waals surface area contributed by atoms with Gasteiger partial charge >= 0.3 is 0 Å². The topological polar surface area (TPSA) is 75.3 Å². The minimum absolute atomic E-state index is 0.109. The lowest BCUT2D eigenvalue weighted by molar-refractivity contribution is -0.120. The van der Waals surface area contributed by atoms with E-state index in [1.165, 1.54) is 0 Å². The summed E-state index contributed by atoms with van der Waals surface area (Å²) >= 11 is 0. The van der Waals surface area contributed by atoms with Gasteiger partial charge in [0.05, 0.1) is 11.3 Å². The lowest BCUT2D eigenvalue weighted by Crippen LogP contribution is -2.32. The second-order valence-corrected chi connectivity index (χ2v) is 7.82. The molecule has 0 aliphatic rings. The summed E-state index contributed by atoms with van der Waals surface area (Å²) < 4.78 is 0. The van der Waals surface area contributed by atoms with Crippen LogP contribution in [0.4, 0.5) is 5.69 Å². The molecule has 0 bridgehead atoms. The van der Waals surface area contributed by atoms with Crippen molar-refractivity contribution in [2.45, 2.75) is 12.3 Å². The summed E-state index contributed by atoms with van der Waals surface area (Å²) in [5.41, 5.74) is 3.02. The number of carbonyl (C=O) groups excluding carboxylic acids is 3. The van der Waals surface area contributed by atoms with Gasteiger partial charge in [0.1, 0.15) is 0 Å². The smallest absolute Gasteiger partial charge is 0.259 e. The van der Waals surface area contributed by atoms with E-state index in [-0.39, 0.29) is 23.8 Å². The number of hydrogen-bond donors (Lipinski definition) is 2. The molecule has 4 rings (SSSR count). The van der Waals surface area contributed by atoms with Crippen molar-refractivity contribution in [3.8, 4) is 0 Å². The fourth-order valence-corrected chi connectivity index (χ4v) is 3.80. The maximum Gasteiger partial charge on any atom is 0.259 e. The zero-order valence-electron chi connectivity index (χ0n) is 18.5. The van der Waals surface area contributed by atoms with Crippen molar-refractivity contribution in [1.29, 1.82) is 0 Å². The van der Waals surface area contributed by atoms with E-state index in [9.17, 15) is 14.4 Å². The molecule has 168 valence electrons. The van der Waals surface area contributed by atoms with Gasteiger partial charge in [0, 0.05) is 17.9 Å². The fraction of sp³-hybridized carbons (Fsp3) is 0.0690. The number of hydrogen-bond acceptors (Lipinski definition) is 3. The fourth-order valence-electron chi connectivity index (χ4n) is 3.80. The number of carbonyl (C=O) groups is 3. The number of imide groups is 1. The van der Waals surface area contributed by atoms with Crippen molar-refractivity contribution in [1.82, 2.24) is 5.32 Å². The molecule has 0 aromatic heterocycles. The van der Waals surface area contributed by atoms with Crippen LogP contribution < -0.4 is 10.6 Å². The largest absolute Gasteiger partial charge is 0.321 e. The Bertz CT molecular complexity index is 1230. The average Bonchev–Trinajstić information content (AvgIpc) is 2.89. The first-order chi connectivity index (χ1) is 16.6. The van der Waals surface area contributed by atoms with Crippen LogP contribution >= 0.6 is 0 Å². The molecule has 4 aromatic carbocycles. The van der Waals surface area contributed by atoms with Gasteiger partial charge in [-0.05, 0) is 35.4 Å². The van der Waals surface area contributed by atoms with Gasteiger partial charge in [-0.25, -0.2) is 0 Å². The van der Waals surface area contributed by atoms with E-state index < -0.39 is 11.8 Å². The molecule has 0 aliphatic heterocycles. The quantitative estimate of drug-likeness (QED) is 0.397. The van der Waals surface area contributed by atoms with Crippen molar-refractivity contribution >= 4 is 23.4 Å². The van der Waals surface area contributed by atoms with Crippen LogP contribution in [0.25, 0.3) is 0 Å². The van der Waals surface area contributed by atoms with Crippen LogP contribution in [0.3, 0.4) is 0 Å². The van der Waals surface area contributed by atoms with Gasteiger partial charge in [0.25, 0.3) is 11.8 Å². The van der Waals surface area contributed by atoms with E-state index in [1.807, 2.05) is 66.7 Å². The Morgan fingerprint density at radius 3 is 1.68 bits per heavy atom. The number of nitrogens with one attached hydrogen (secondary N) is 2. The minimum atomic E-state index is -0.561. The third-order valence-electron chi connectivity index (χ3n) is 5.50. The van der Waals surface area contributed by atoms with E-state index in [0.29, 0.717) is 11.3 Å². The Morgan fingerprint density at radius 2 is 1.09 bits per heavy atom. The Labute approximate surface area is 198 Å². The predicted molar refractivity (Wildman–Crippen MR) is 133 cm³/mol. The molecular weight excluding hydrogens is 424 g/mol. The highest BCUT2D eigenvalue weighted by atomic mass is 16.2. The molecule has 5 heteroatoms. The third-order valence-corrected chi connectivity index (χ3v) is 5.50. The summed E-state index contributed by atoms with van der Waals surface area (Å²) in [5, 5.41) is 5.25. The number of rotatable bonds is 7. The Morgan fingerprint density at radius 1 is 0.588 bits per heavy atom. The second kappa shape index (κ2) is 10.9. The van der Waals surface area contributed by atoms with Crippen molar-refractivity contribution in [2.24, 2.45) is 0 Å². The Hall–Kier alpha value is -4.51. The molecule has 2 N–H and O–H groups in total. The first kappa shape index (κ1) is 22.7. The zero-order valence-corrected chi connectivity index (χ0v) is 18.5. The maximum atomic E-state index is 13.0. The number of benzene rings is 4. The number of para-hydroxylation sites is 1. The second-order valence-electron chi connectivity index (χ2n) is 7.82. The van der Waals surface area contributed by atoms with Crippen LogP contribution in [0.5, 0.6) is 0 Å². The third kappa shape index (κ3) is 5.64. The van der Waals surface area contributed by atoms with E-state index in [4.69, 9.17) is 0 Å². The van der Waals surface area contributed by atoms with Gasteiger partial charge in [-0.2, -0.15) is 0 Å². The molecule has 0 heterocycles. The maximum absolute atomic E-state index is 13.0. The Balaban J connectivity index is 1.49. The molecule has 4 aromatic rings. The number of amides is 3. The van der Waals surface area contributed by atoms with Gasteiger partial charge in [0.2, 0.25) is 5.91 Å². The molecular formula is C29H24N2O3. The molecule has 0 atom stereocenters. The van der Waals surface area contributed by atoms with E-state index in [1.54, 1.807) is 48.5 Å². The van der Waals surface area contributed by atoms with E-state index in [0.717, 1.165) is 11.1 Å². The lowest BCUT2D eigenvalue weighted by atomic mass is 9.88. The van der Waals surface area contributed by atoms with Crippen molar-refractivity contribution in [3.63, 3.8) is 0 Å². The zero-order chi connectivity index (χ0) is 23.8. The standard InChI is InChI=1S/C29H24N2O3/c32-27(20-25(21-12-4-1-5-13-21)22-14-6-2-7-15-22)31-29(34)24-18-10-11-19-26(24)30-28(33)23-16-8-3-9-17-23/h1-19,25H,20H2,(H,30,33)(H,31,32,34). The van der Waals surface area contributed by atoms with Crippen LogP contribution in [0, 0.1) is 0 Å². The highest BCUT2D eigenvalue weighted by molar-refractivity contribution is 6.12. The van der Waals surface area contributed by atoms with Gasteiger partial charge in [-0.1, -0.05) is 91.0 Å². The summed E-state index contributed by atoms with van der Waals surface area (Å²) in [6, 6.07) is 34.8. The van der Waals surface area contributed by atoms with Crippen LogP contribution in [-0.4, -0.2) is 17.7 Å². The van der Waals surface area contributed by atoms with Crippen molar-refractivity contribution in [3.05, 3.63) is 138 Å². The van der Waals surface area contributed by atoms with Gasteiger partial charge in [0.15, 0.2) is 0 Å². The molecule has 0 radical (unpaired) electrons. The van der Waals surface area contributed by atoms with Crippen LogP contribution in [0.1, 0.15) is 44.2 Å². The summed E-state index contributed by atoms with van der Waals surface area (Å²) in [6.07, 6.45) is 0.109. The summed E-state index contributed by atoms with van der Waals surface area (Å²) in [5.74, 6) is -1.48. The highest BCUT2D eigenvalue weighted by Crippen LogP contribution is 2.28. The molecule has 0 saturated carbocycles. The molecule has 3 amide bonds. The molecule has 0 saturated heterocycles. The predicted octanol–water partition coefficient (Wildman–Crippen LogP) is 5.42. The molecule has 34 heavy (non-hydrogen) atoms. The average molecular weight is 449 g/mol.